The number of hydrogen-bond acceptors (Lipinski definition) is 6. The van der Waals surface area contributed by atoms with E-state index < -0.39 is 6.04 Å². The summed E-state index contributed by atoms with van der Waals surface area (Å²) < 4.78 is 5.37. The van der Waals surface area contributed by atoms with Gasteiger partial charge in [0.05, 0.1) is 13.2 Å². The van der Waals surface area contributed by atoms with Crippen molar-refractivity contribution in [1.29, 1.82) is 0 Å². The van der Waals surface area contributed by atoms with E-state index in [-0.39, 0.29) is 11.8 Å². The Balaban J connectivity index is 1.42. The number of carbonyl (C=O) groups is 2. The average Bonchev–Trinajstić information content (AvgIpc) is 3.08. The largest absolute Gasteiger partial charge is 0.378 e. The molecular weight excluding hydrogens is 358 g/mol. The summed E-state index contributed by atoms with van der Waals surface area (Å²) in [5, 5.41) is 2.87. The van der Waals surface area contributed by atoms with E-state index >= 15 is 0 Å². The van der Waals surface area contributed by atoms with Crippen LogP contribution in [0.3, 0.4) is 0 Å². The van der Waals surface area contributed by atoms with Crippen LogP contribution in [0.4, 0.5) is 5.82 Å². The number of nitrogens with one attached hydrogen (secondary N) is 1. The minimum Gasteiger partial charge on any atom is -0.378 e. The Hall–Kier alpha value is -3.00. The molecule has 1 saturated heterocycles. The summed E-state index contributed by atoms with van der Waals surface area (Å²) in [5.41, 5.74) is 2.21. The fourth-order valence-electron chi connectivity index (χ4n) is 3.44. The van der Waals surface area contributed by atoms with Crippen molar-refractivity contribution in [2.45, 2.75) is 26.1 Å². The summed E-state index contributed by atoms with van der Waals surface area (Å²) in [6.45, 7) is 5.36. The number of ether oxygens (including phenoxy) is 1. The molecule has 0 unspecified atom stereocenters. The van der Waals surface area contributed by atoms with Gasteiger partial charge in [0.15, 0.2) is 0 Å². The third kappa shape index (κ3) is 3.68. The highest BCUT2D eigenvalue weighted by molar-refractivity contribution is 5.99. The van der Waals surface area contributed by atoms with Crippen molar-refractivity contribution in [3.05, 3.63) is 53.5 Å². The van der Waals surface area contributed by atoms with E-state index in [9.17, 15) is 9.59 Å². The fraction of sp³-hybridized carbons (Fsp3) is 0.400. The van der Waals surface area contributed by atoms with Gasteiger partial charge in [0.1, 0.15) is 17.6 Å². The van der Waals surface area contributed by atoms with Crippen LogP contribution in [0.15, 0.2) is 36.7 Å². The number of nitrogens with zero attached hydrogens (tertiary/aromatic N) is 4. The molecule has 2 aliphatic heterocycles. The van der Waals surface area contributed by atoms with Crippen LogP contribution in [0.2, 0.25) is 0 Å². The van der Waals surface area contributed by atoms with Gasteiger partial charge in [0.2, 0.25) is 5.91 Å². The predicted molar refractivity (Wildman–Crippen MR) is 103 cm³/mol. The van der Waals surface area contributed by atoms with Gasteiger partial charge in [-0.15, -0.1) is 0 Å². The Morgan fingerprint density at radius 2 is 2.11 bits per heavy atom. The third-order valence-corrected chi connectivity index (χ3v) is 5.14. The van der Waals surface area contributed by atoms with Crippen LogP contribution >= 0.6 is 0 Å². The number of rotatable bonds is 5. The van der Waals surface area contributed by atoms with E-state index in [0.29, 0.717) is 32.0 Å². The van der Waals surface area contributed by atoms with Crippen LogP contribution < -0.4 is 10.2 Å². The summed E-state index contributed by atoms with van der Waals surface area (Å²) >= 11 is 0. The molecule has 146 valence electrons. The minimum atomic E-state index is -0.579. The molecule has 2 amide bonds. The first-order valence-electron chi connectivity index (χ1n) is 9.43. The van der Waals surface area contributed by atoms with Gasteiger partial charge in [-0.25, -0.2) is 4.98 Å². The lowest BCUT2D eigenvalue weighted by Gasteiger charge is -2.27. The predicted octanol–water partition coefficient (Wildman–Crippen LogP) is 0.974. The first kappa shape index (κ1) is 18.4. The van der Waals surface area contributed by atoms with Gasteiger partial charge in [0, 0.05) is 44.1 Å². The Labute approximate surface area is 163 Å². The Morgan fingerprint density at radius 3 is 2.86 bits per heavy atom. The van der Waals surface area contributed by atoms with Crippen LogP contribution in [-0.2, 0) is 22.6 Å². The maximum atomic E-state index is 12.9. The zero-order valence-electron chi connectivity index (χ0n) is 15.8. The quantitative estimate of drug-likeness (QED) is 0.831. The number of aromatic nitrogens is 2. The second-order valence-electron chi connectivity index (χ2n) is 6.96. The molecule has 2 aromatic rings. The smallest absolute Gasteiger partial charge is 0.273 e. The zero-order valence-corrected chi connectivity index (χ0v) is 15.8. The standard InChI is InChI=1S/C20H23N5O3/c1-14(19(26)22-12-15-3-2-6-21-11-15)25-13-16-4-5-17(23-18(16)20(25)27)24-7-9-28-10-8-24/h2-6,11,14H,7-10,12-13H2,1H3,(H,22,26)/t14-/m1/s1. The summed E-state index contributed by atoms with van der Waals surface area (Å²) in [4.78, 5) is 37.7. The minimum absolute atomic E-state index is 0.196. The fourth-order valence-corrected chi connectivity index (χ4v) is 3.44. The van der Waals surface area contributed by atoms with E-state index in [2.05, 4.69) is 20.2 Å². The molecule has 8 nitrogen and oxygen atoms in total. The molecule has 28 heavy (non-hydrogen) atoms. The molecule has 0 aromatic carbocycles. The summed E-state index contributed by atoms with van der Waals surface area (Å²) in [6.07, 6.45) is 3.39. The van der Waals surface area contributed by atoms with E-state index in [1.165, 1.54) is 0 Å². The monoisotopic (exact) mass is 381 g/mol. The van der Waals surface area contributed by atoms with Crippen LogP contribution in [0.5, 0.6) is 0 Å². The normalized spacial score (nSPS) is 17.4. The summed E-state index contributed by atoms with van der Waals surface area (Å²) in [7, 11) is 0. The molecule has 0 spiro atoms. The molecule has 1 fully saturated rings. The van der Waals surface area contributed by atoms with Crippen molar-refractivity contribution in [3.63, 3.8) is 0 Å². The van der Waals surface area contributed by atoms with E-state index in [4.69, 9.17) is 4.74 Å². The second kappa shape index (κ2) is 7.93. The molecule has 0 aliphatic carbocycles. The molecule has 2 aliphatic rings. The molecule has 4 rings (SSSR count). The summed E-state index contributed by atoms with van der Waals surface area (Å²) in [6, 6.07) is 7.01. The number of carbonyl (C=O) groups excluding carboxylic acids is 2. The van der Waals surface area contributed by atoms with Crippen LogP contribution in [0, 0.1) is 0 Å². The third-order valence-electron chi connectivity index (χ3n) is 5.14. The lowest BCUT2D eigenvalue weighted by Crippen LogP contribution is -2.45. The number of anilines is 1. The van der Waals surface area contributed by atoms with Gasteiger partial charge in [-0.2, -0.15) is 0 Å². The van der Waals surface area contributed by atoms with Crippen LogP contribution in [-0.4, -0.2) is 59.0 Å². The van der Waals surface area contributed by atoms with Crippen molar-refractivity contribution in [3.8, 4) is 0 Å². The number of pyridine rings is 2. The van der Waals surface area contributed by atoms with E-state index in [0.717, 1.165) is 30.0 Å². The number of hydrogen-bond donors (Lipinski definition) is 1. The SMILES string of the molecule is C[C@H](C(=O)NCc1cccnc1)N1Cc2ccc(N3CCOCC3)nc2C1=O. The number of amides is 2. The number of fused-ring (bicyclic) bond motifs is 1. The highest BCUT2D eigenvalue weighted by Crippen LogP contribution is 2.26. The maximum Gasteiger partial charge on any atom is 0.273 e. The van der Waals surface area contributed by atoms with Gasteiger partial charge in [0.25, 0.3) is 5.91 Å². The molecule has 1 atom stereocenters. The lowest BCUT2D eigenvalue weighted by molar-refractivity contribution is -0.125. The zero-order chi connectivity index (χ0) is 19.5. The first-order valence-corrected chi connectivity index (χ1v) is 9.43. The summed E-state index contributed by atoms with van der Waals surface area (Å²) in [5.74, 6) is 0.387. The Kier molecular flexibility index (Phi) is 5.21. The molecule has 8 heteroatoms. The average molecular weight is 381 g/mol. The van der Waals surface area contributed by atoms with Gasteiger partial charge in [-0.05, 0) is 24.6 Å². The molecule has 2 aromatic heterocycles. The van der Waals surface area contributed by atoms with Gasteiger partial charge < -0.3 is 19.9 Å². The molecule has 0 saturated carbocycles. The van der Waals surface area contributed by atoms with Gasteiger partial charge in [-0.3, -0.25) is 14.6 Å². The van der Waals surface area contributed by atoms with Crippen molar-refractivity contribution < 1.29 is 14.3 Å². The van der Waals surface area contributed by atoms with Crippen LogP contribution in [0.25, 0.3) is 0 Å². The topological polar surface area (TPSA) is 87.7 Å². The highest BCUT2D eigenvalue weighted by Gasteiger charge is 2.35. The van der Waals surface area contributed by atoms with Crippen molar-refractivity contribution in [1.82, 2.24) is 20.2 Å². The van der Waals surface area contributed by atoms with Gasteiger partial charge in [-0.1, -0.05) is 12.1 Å². The molecule has 0 radical (unpaired) electrons. The maximum absolute atomic E-state index is 12.9. The molecular formula is C20H23N5O3. The first-order chi connectivity index (χ1) is 13.6. The molecule has 0 bridgehead atoms. The Morgan fingerprint density at radius 1 is 1.29 bits per heavy atom. The molecule has 4 heterocycles. The molecule has 1 N–H and O–H groups in total. The van der Waals surface area contributed by atoms with Crippen molar-refractivity contribution in [2.75, 3.05) is 31.2 Å². The lowest BCUT2D eigenvalue weighted by atomic mass is 10.2. The van der Waals surface area contributed by atoms with Crippen molar-refractivity contribution >= 4 is 17.6 Å². The van der Waals surface area contributed by atoms with Gasteiger partial charge >= 0.3 is 0 Å². The van der Waals surface area contributed by atoms with E-state index in [1.54, 1.807) is 24.2 Å². The van der Waals surface area contributed by atoms with E-state index in [1.807, 2.05) is 24.3 Å². The van der Waals surface area contributed by atoms with Crippen molar-refractivity contribution in [2.24, 2.45) is 0 Å². The number of morpholine rings is 1. The highest BCUT2D eigenvalue weighted by atomic mass is 16.5. The van der Waals surface area contributed by atoms with Crippen LogP contribution in [0.1, 0.15) is 28.5 Å². The second-order valence-corrected chi connectivity index (χ2v) is 6.96. The Bertz CT molecular complexity index is 867.